The minimum atomic E-state index is 0.714. The number of benzene rings is 15. The lowest BCUT2D eigenvalue weighted by atomic mass is 9.91. The number of hydrogen-bond acceptors (Lipinski definition) is 12. The summed E-state index contributed by atoms with van der Waals surface area (Å²) in [5.74, 6) is 0.714. The van der Waals surface area contributed by atoms with Crippen molar-refractivity contribution < 1.29 is 0 Å². The zero-order valence-electron chi connectivity index (χ0n) is 81.1. The first kappa shape index (κ1) is 92.5. The van der Waals surface area contributed by atoms with Crippen molar-refractivity contribution in [2.75, 3.05) is 0 Å². The lowest BCUT2D eigenvalue weighted by Crippen LogP contribution is -1.92. The topological polar surface area (TPSA) is 155 Å². The van der Waals surface area contributed by atoms with Crippen LogP contribution in [0.4, 0.5) is 0 Å². The van der Waals surface area contributed by atoms with Crippen molar-refractivity contribution in [3.8, 4) is 235 Å². The van der Waals surface area contributed by atoms with E-state index in [0.717, 1.165) is 246 Å². The largest absolute Gasteiger partial charge is 0.261 e. The number of nitrogens with zero attached hydrogens (tertiary/aromatic N) is 12. The van der Waals surface area contributed by atoms with Gasteiger partial charge in [-0.05, 0) is 266 Å². The van der Waals surface area contributed by atoms with Crippen LogP contribution in [0, 0.1) is 20.8 Å². The molecule has 0 saturated heterocycles. The molecule has 9 aromatic heterocycles. The SMILES string of the molecule is Cc1ccc(-c2ccc(-c3cc(-c4ccc(-c5ccncn5)cc4)cc(-c4cc(-c5ccccc5)nc(-c5ccccc5)c4)c3)cc2)cn1.Cc1ccc(-c2ccc(-c3cc(-c4ccc(-c5ncccn5)cc4)cc(-c4cc(-c5ccccc5)nc(-c5ccccc5)c4)c3)cc2)cn1.Cc1cccc(-c2ccc(-c3cc(-c4ccc(-c5ccncn5)cc4)cc(-c4cc(-c5ccccc5)nc(-c5ccccc5)c4)c3)cc2)n1. The Hall–Kier alpha value is -19.6. The number of rotatable bonds is 21. The van der Waals surface area contributed by atoms with Gasteiger partial charge in [-0.2, -0.15) is 0 Å². The van der Waals surface area contributed by atoms with E-state index in [0.29, 0.717) is 5.82 Å². The molecule has 0 bridgehead atoms. The van der Waals surface area contributed by atoms with Crippen LogP contribution in [0.15, 0.2) is 529 Å². The summed E-state index contributed by atoms with van der Waals surface area (Å²) < 4.78 is 0. The van der Waals surface area contributed by atoms with Gasteiger partial charge in [-0.1, -0.05) is 346 Å². The summed E-state index contributed by atoms with van der Waals surface area (Å²) in [6, 6.07) is 168. The first-order valence-electron chi connectivity index (χ1n) is 49.1. The van der Waals surface area contributed by atoms with E-state index < -0.39 is 0 Å². The first-order chi connectivity index (χ1) is 72.5. The van der Waals surface area contributed by atoms with Crippen LogP contribution in [0.2, 0.25) is 0 Å². The van der Waals surface area contributed by atoms with Gasteiger partial charge in [0, 0.05) is 121 Å². The Morgan fingerprint density at radius 2 is 0.347 bits per heavy atom. The van der Waals surface area contributed by atoms with Crippen LogP contribution >= 0.6 is 0 Å². The Balaban J connectivity index is 0.000000125. The Morgan fingerprint density at radius 1 is 0.122 bits per heavy atom. The van der Waals surface area contributed by atoms with E-state index in [-0.39, 0.29) is 0 Å². The third-order valence-electron chi connectivity index (χ3n) is 26.3. The van der Waals surface area contributed by atoms with Crippen molar-refractivity contribution in [2.45, 2.75) is 20.8 Å². The third-order valence-corrected chi connectivity index (χ3v) is 26.3. The molecule has 9 heterocycles. The highest BCUT2D eigenvalue weighted by Crippen LogP contribution is 2.44. The van der Waals surface area contributed by atoms with Gasteiger partial charge in [-0.3, -0.25) is 15.0 Å². The maximum atomic E-state index is 5.13. The molecular formula is C135H96N12. The number of hydrogen-bond donors (Lipinski definition) is 0. The highest BCUT2D eigenvalue weighted by atomic mass is 14.9. The van der Waals surface area contributed by atoms with Crippen LogP contribution in [0.5, 0.6) is 0 Å². The highest BCUT2D eigenvalue weighted by molar-refractivity contribution is 5.91. The summed E-state index contributed by atoms with van der Waals surface area (Å²) in [4.78, 5) is 55.0. The van der Waals surface area contributed by atoms with E-state index in [1.165, 1.54) is 0 Å². The summed E-state index contributed by atoms with van der Waals surface area (Å²) in [6.07, 6.45) is 14.1. The van der Waals surface area contributed by atoms with Gasteiger partial charge in [0.2, 0.25) is 0 Å². The molecule has 0 saturated carbocycles. The van der Waals surface area contributed by atoms with Crippen LogP contribution in [0.3, 0.4) is 0 Å². The average Bonchev–Trinajstić information content (AvgIpc) is 0.784. The zero-order valence-corrected chi connectivity index (χ0v) is 81.1. The predicted molar refractivity (Wildman–Crippen MR) is 601 cm³/mol. The molecule has 0 aliphatic heterocycles. The van der Waals surface area contributed by atoms with Crippen LogP contribution in [-0.4, -0.2) is 59.8 Å². The number of pyridine rings is 6. The third kappa shape index (κ3) is 22.0. The zero-order chi connectivity index (χ0) is 99.0. The Labute approximate surface area is 855 Å². The monoisotopic (exact) mass is 1880 g/mol. The van der Waals surface area contributed by atoms with Crippen molar-refractivity contribution >= 4 is 0 Å². The second-order valence-corrected chi connectivity index (χ2v) is 36.2. The fourth-order valence-corrected chi connectivity index (χ4v) is 18.4. The highest BCUT2D eigenvalue weighted by Gasteiger charge is 2.20. The molecule has 0 aliphatic rings. The maximum absolute atomic E-state index is 5.13. The van der Waals surface area contributed by atoms with Crippen LogP contribution < -0.4 is 0 Å². The van der Waals surface area contributed by atoms with Crippen molar-refractivity contribution in [1.29, 1.82) is 0 Å². The Morgan fingerprint density at radius 3 is 0.592 bits per heavy atom. The second kappa shape index (κ2) is 43.3. The van der Waals surface area contributed by atoms with Crippen LogP contribution in [0.1, 0.15) is 17.1 Å². The normalized spacial score (nSPS) is 11.0. The molecule has 24 aromatic rings. The van der Waals surface area contributed by atoms with Gasteiger partial charge in [0.15, 0.2) is 5.82 Å². The van der Waals surface area contributed by atoms with Gasteiger partial charge in [0.1, 0.15) is 12.7 Å². The summed E-state index contributed by atoms with van der Waals surface area (Å²) in [5, 5.41) is 0. The quantitative estimate of drug-likeness (QED) is 0.0672. The maximum Gasteiger partial charge on any atom is 0.159 e. The average molecular weight is 1890 g/mol. The van der Waals surface area contributed by atoms with Crippen molar-refractivity contribution in [3.63, 3.8) is 0 Å². The molecule has 0 radical (unpaired) electrons. The van der Waals surface area contributed by atoms with E-state index in [9.17, 15) is 0 Å². The van der Waals surface area contributed by atoms with Gasteiger partial charge in [-0.25, -0.2) is 44.9 Å². The molecule has 0 atom stereocenters. The fourth-order valence-electron chi connectivity index (χ4n) is 18.4. The summed E-state index contributed by atoms with van der Waals surface area (Å²) in [7, 11) is 0. The molecule has 0 aliphatic carbocycles. The molecule has 0 amide bonds. The minimum absolute atomic E-state index is 0.714. The van der Waals surface area contributed by atoms with Crippen LogP contribution in [-0.2, 0) is 0 Å². The molecule has 12 heteroatoms. The van der Waals surface area contributed by atoms with Gasteiger partial charge >= 0.3 is 0 Å². The summed E-state index contributed by atoms with van der Waals surface area (Å²) >= 11 is 0. The predicted octanol–water partition coefficient (Wildman–Crippen LogP) is 33.7. The van der Waals surface area contributed by atoms with Crippen molar-refractivity contribution in [2.24, 2.45) is 0 Å². The molecule has 15 aromatic carbocycles. The molecule has 0 N–H and O–H groups in total. The van der Waals surface area contributed by atoms with E-state index in [2.05, 4.69) is 458 Å². The minimum Gasteiger partial charge on any atom is -0.261 e. The van der Waals surface area contributed by atoms with Gasteiger partial charge < -0.3 is 0 Å². The van der Waals surface area contributed by atoms with E-state index in [1.807, 2.05) is 93.8 Å². The molecule has 0 unspecified atom stereocenters. The van der Waals surface area contributed by atoms with Gasteiger partial charge in [0.25, 0.3) is 0 Å². The van der Waals surface area contributed by atoms with E-state index in [4.69, 9.17) is 19.9 Å². The van der Waals surface area contributed by atoms with Gasteiger partial charge in [0.05, 0.1) is 51.2 Å². The number of aromatic nitrogens is 12. The second-order valence-electron chi connectivity index (χ2n) is 36.2. The lowest BCUT2D eigenvalue weighted by Gasteiger charge is -2.14. The Kier molecular flexibility index (Phi) is 27.2. The summed E-state index contributed by atoms with van der Waals surface area (Å²) in [5.41, 5.74) is 46.9. The molecular weight excluding hydrogens is 1790 g/mol. The standard InChI is InChI=1S/3C45H32N4/c1-31-9-8-14-43(48-31)37-21-17-33(18-22-37)39-25-38(32-15-19-36(20-16-32)42-23-24-46-30-47-42)26-40(27-39)41-28-44(34-10-4-2-5-11-34)49-45(29-41)35-12-6-3-7-13-35;1-31-13-14-38(30-48-31)32-15-17-33(18-16-32)39-25-40(34-19-21-37(22-20-34)45-46-23-8-24-47-45)27-41(26-39)42-28-43(35-9-4-2-5-10-35)49-44(29-42)36-11-6-3-7-12-36;1-31-12-13-38(29-47-31)32-14-16-33(17-15-32)39-24-40(34-18-20-37(21-19-34)43-22-23-46-30-48-43)26-41(25-39)42-27-44(35-8-4-2-5-9-35)49-45(28-42)36-10-6-3-7-11-36/h3*2-30H,1H3. The molecule has 0 spiro atoms. The van der Waals surface area contributed by atoms with Crippen LogP contribution in [0.25, 0.3) is 235 Å². The molecule has 12 nitrogen and oxygen atoms in total. The molecule has 696 valence electrons. The summed E-state index contributed by atoms with van der Waals surface area (Å²) in [6.45, 7) is 6.04. The molecule has 147 heavy (non-hydrogen) atoms. The molecule has 24 rings (SSSR count). The number of aryl methyl sites for hydroxylation is 3. The molecule has 0 fully saturated rings. The smallest absolute Gasteiger partial charge is 0.159 e. The first-order valence-corrected chi connectivity index (χ1v) is 49.1. The van der Waals surface area contributed by atoms with Crippen molar-refractivity contribution in [3.05, 3.63) is 546 Å². The van der Waals surface area contributed by atoms with Gasteiger partial charge in [-0.15, -0.1) is 0 Å². The van der Waals surface area contributed by atoms with Crippen molar-refractivity contribution in [1.82, 2.24) is 59.8 Å². The Bertz CT molecular complexity index is 8130. The van der Waals surface area contributed by atoms with E-state index in [1.54, 1.807) is 37.4 Å². The van der Waals surface area contributed by atoms with E-state index >= 15 is 0 Å². The fraction of sp³-hybridized carbons (Fsp3) is 0.0222. The lowest BCUT2D eigenvalue weighted by molar-refractivity contribution is 1.17.